The Morgan fingerprint density at radius 2 is 2.07 bits per heavy atom. The van der Waals surface area contributed by atoms with Gasteiger partial charge in [0.1, 0.15) is 6.54 Å². The van der Waals surface area contributed by atoms with Crippen molar-refractivity contribution in [3.8, 4) is 0 Å². The molecule has 4 rings (SSSR count). The summed E-state index contributed by atoms with van der Waals surface area (Å²) in [7, 11) is 1.30. The number of carbonyl (C=O) groups is 2. The van der Waals surface area contributed by atoms with Crippen LogP contribution in [-0.2, 0) is 28.9 Å². The van der Waals surface area contributed by atoms with Crippen LogP contribution < -0.4 is 10.9 Å². The summed E-state index contributed by atoms with van der Waals surface area (Å²) in [6.45, 7) is 1.97. The van der Waals surface area contributed by atoms with Gasteiger partial charge in [-0.05, 0) is 55.0 Å². The van der Waals surface area contributed by atoms with E-state index >= 15 is 0 Å². The Balaban J connectivity index is 1.53. The van der Waals surface area contributed by atoms with Crippen molar-refractivity contribution in [3.63, 3.8) is 0 Å². The second-order valence-electron chi connectivity index (χ2n) is 7.20. The number of rotatable bonds is 4. The van der Waals surface area contributed by atoms with Gasteiger partial charge in [0.2, 0.25) is 5.91 Å². The average Bonchev–Trinajstić information content (AvgIpc) is 3.08. The maximum atomic E-state index is 12.9. The number of benzene rings is 1. The molecule has 0 fully saturated rings. The highest BCUT2D eigenvalue weighted by Crippen LogP contribution is 2.35. The molecule has 3 aromatic rings. The van der Waals surface area contributed by atoms with Gasteiger partial charge >= 0.3 is 5.97 Å². The molecule has 0 saturated heterocycles. The summed E-state index contributed by atoms with van der Waals surface area (Å²) in [5, 5.41) is 11.4. The van der Waals surface area contributed by atoms with Crippen molar-refractivity contribution >= 4 is 39.1 Å². The standard InChI is InChI=1S/C20H20N4O4S/c1-11-3-8-14-15(9-11)29-18-17(14)19(26)24(23-22-18)10-16(25)21-13-6-4-12(5-7-13)20(27)28-2/h4-7,11H,3,8-10H2,1-2H3,(H,21,25)/t11-/m1/s1. The minimum Gasteiger partial charge on any atom is -0.465 e. The summed E-state index contributed by atoms with van der Waals surface area (Å²) in [6.07, 6.45) is 2.86. The number of nitrogens with one attached hydrogen (secondary N) is 1. The van der Waals surface area contributed by atoms with Gasteiger partial charge in [0.25, 0.3) is 5.56 Å². The number of aromatic nitrogens is 3. The fraction of sp³-hybridized carbons (Fsp3) is 0.350. The molecule has 1 aliphatic rings. The number of esters is 1. The second kappa shape index (κ2) is 7.75. The summed E-state index contributed by atoms with van der Waals surface area (Å²) in [5.74, 6) is -0.252. The summed E-state index contributed by atoms with van der Waals surface area (Å²) < 4.78 is 5.75. The van der Waals surface area contributed by atoms with Crippen molar-refractivity contribution in [2.75, 3.05) is 12.4 Å². The van der Waals surface area contributed by atoms with E-state index in [2.05, 4.69) is 27.3 Å². The van der Waals surface area contributed by atoms with E-state index in [0.717, 1.165) is 29.5 Å². The van der Waals surface area contributed by atoms with E-state index in [0.29, 0.717) is 27.4 Å². The number of hydrogen-bond acceptors (Lipinski definition) is 7. The molecule has 0 bridgehead atoms. The molecule has 1 aliphatic carbocycles. The first-order chi connectivity index (χ1) is 14.0. The van der Waals surface area contributed by atoms with Gasteiger partial charge < -0.3 is 10.1 Å². The summed E-state index contributed by atoms with van der Waals surface area (Å²) in [5.41, 5.74) is 1.68. The van der Waals surface area contributed by atoms with Crippen LogP contribution in [0, 0.1) is 5.92 Å². The molecule has 1 aromatic carbocycles. The number of amides is 1. The van der Waals surface area contributed by atoms with Crippen LogP contribution in [0.4, 0.5) is 5.69 Å². The minimum atomic E-state index is -0.452. The highest BCUT2D eigenvalue weighted by atomic mass is 32.1. The summed E-state index contributed by atoms with van der Waals surface area (Å²) in [4.78, 5) is 38.6. The third kappa shape index (κ3) is 3.77. The van der Waals surface area contributed by atoms with E-state index in [9.17, 15) is 14.4 Å². The lowest BCUT2D eigenvalue weighted by molar-refractivity contribution is -0.117. The zero-order valence-electron chi connectivity index (χ0n) is 16.1. The smallest absolute Gasteiger partial charge is 0.337 e. The van der Waals surface area contributed by atoms with E-state index < -0.39 is 11.9 Å². The number of methoxy groups -OCH3 is 1. The fourth-order valence-electron chi connectivity index (χ4n) is 3.54. The Morgan fingerprint density at radius 1 is 1.31 bits per heavy atom. The lowest BCUT2D eigenvalue weighted by Crippen LogP contribution is -2.30. The van der Waals surface area contributed by atoms with Crippen LogP contribution in [0.25, 0.3) is 10.2 Å². The average molecular weight is 412 g/mol. The van der Waals surface area contributed by atoms with Crippen LogP contribution >= 0.6 is 11.3 Å². The number of ether oxygens (including phenoxy) is 1. The molecule has 0 saturated carbocycles. The van der Waals surface area contributed by atoms with Crippen LogP contribution in [0.1, 0.15) is 34.1 Å². The zero-order valence-corrected chi connectivity index (χ0v) is 16.9. The Morgan fingerprint density at radius 3 is 2.79 bits per heavy atom. The SMILES string of the molecule is COC(=O)c1ccc(NC(=O)Cn2nnc3sc4c(c3c2=O)CC[C@@H](C)C4)cc1. The van der Waals surface area contributed by atoms with Gasteiger partial charge in [0.15, 0.2) is 4.83 Å². The number of fused-ring (bicyclic) bond motifs is 3. The van der Waals surface area contributed by atoms with E-state index in [1.807, 2.05) is 0 Å². The molecule has 0 radical (unpaired) electrons. The molecule has 1 atom stereocenters. The second-order valence-corrected chi connectivity index (χ2v) is 8.28. The summed E-state index contributed by atoms with van der Waals surface area (Å²) >= 11 is 1.53. The maximum absolute atomic E-state index is 12.9. The van der Waals surface area contributed by atoms with E-state index in [1.54, 1.807) is 24.3 Å². The highest BCUT2D eigenvalue weighted by Gasteiger charge is 2.24. The number of aryl methyl sites for hydroxylation is 1. The van der Waals surface area contributed by atoms with Gasteiger partial charge in [0.05, 0.1) is 18.1 Å². The van der Waals surface area contributed by atoms with Gasteiger partial charge in [-0.2, -0.15) is 0 Å². The molecule has 1 N–H and O–H groups in total. The van der Waals surface area contributed by atoms with Crippen LogP contribution in [0.5, 0.6) is 0 Å². The largest absolute Gasteiger partial charge is 0.465 e. The van der Waals surface area contributed by atoms with Crippen LogP contribution in [0.3, 0.4) is 0 Å². The van der Waals surface area contributed by atoms with Gasteiger partial charge in [0, 0.05) is 10.6 Å². The monoisotopic (exact) mass is 412 g/mol. The number of nitrogens with zero attached hydrogens (tertiary/aromatic N) is 3. The van der Waals surface area contributed by atoms with Crippen molar-refractivity contribution in [2.24, 2.45) is 5.92 Å². The molecule has 9 heteroatoms. The number of carbonyl (C=O) groups excluding carboxylic acids is 2. The maximum Gasteiger partial charge on any atom is 0.337 e. The van der Waals surface area contributed by atoms with Gasteiger partial charge in [-0.1, -0.05) is 12.1 Å². The van der Waals surface area contributed by atoms with E-state index in [1.165, 1.54) is 23.3 Å². The quantitative estimate of drug-likeness (QED) is 0.660. The highest BCUT2D eigenvalue weighted by molar-refractivity contribution is 7.18. The fourth-order valence-corrected chi connectivity index (χ4v) is 4.86. The third-order valence-corrected chi connectivity index (χ3v) is 6.21. The van der Waals surface area contributed by atoms with E-state index in [4.69, 9.17) is 0 Å². The predicted octanol–water partition coefficient (Wildman–Crippen LogP) is 2.40. The molecule has 0 spiro atoms. The van der Waals surface area contributed by atoms with Crippen LogP contribution in [0.2, 0.25) is 0 Å². The lowest BCUT2D eigenvalue weighted by Gasteiger charge is -2.17. The molecule has 8 nitrogen and oxygen atoms in total. The molecule has 2 heterocycles. The van der Waals surface area contributed by atoms with Crippen molar-refractivity contribution in [2.45, 2.75) is 32.7 Å². The Bertz CT molecular complexity index is 1150. The van der Waals surface area contributed by atoms with Crippen molar-refractivity contribution in [1.82, 2.24) is 15.0 Å². The van der Waals surface area contributed by atoms with Gasteiger partial charge in [-0.15, -0.1) is 16.4 Å². The molecule has 2 aromatic heterocycles. The number of thiophene rings is 1. The summed E-state index contributed by atoms with van der Waals surface area (Å²) in [6, 6.07) is 6.30. The van der Waals surface area contributed by atoms with Crippen molar-refractivity contribution < 1.29 is 14.3 Å². The first-order valence-electron chi connectivity index (χ1n) is 9.32. The first kappa shape index (κ1) is 19.3. The van der Waals surface area contributed by atoms with Crippen LogP contribution in [0.15, 0.2) is 29.1 Å². The minimum absolute atomic E-state index is 0.235. The number of anilines is 1. The number of hydrogen-bond donors (Lipinski definition) is 1. The Kier molecular flexibility index (Phi) is 5.14. The van der Waals surface area contributed by atoms with Gasteiger partial charge in [-0.25, -0.2) is 9.48 Å². The third-order valence-electron chi connectivity index (χ3n) is 5.07. The lowest BCUT2D eigenvalue weighted by atomic mass is 9.89. The van der Waals surface area contributed by atoms with Crippen molar-refractivity contribution in [1.29, 1.82) is 0 Å². The molecule has 150 valence electrons. The Hall–Kier alpha value is -3.07. The topological polar surface area (TPSA) is 103 Å². The van der Waals surface area contributed by atoms with Crippen LogP contribution in [-0.4, -0.2) is 34.0 Å². The molecular weight excluding hydrogens is 392 g/mol. The van der Waals surface area contributed by atoms with Crippen molar-refractivity contribution in [3.05, 3.63) is 50.6 Å². The molecule has 0 aliphatic heterocycles. The normalized spacial score (nSPS) is 15.7. The molecule has 0 unspecified atom stereocenters. The zero-order chi connectivity index (χ0) is 20.5. The molecule has 1 amide bonds. The molecule has 29 heavy (non-hydrogen) atoms. The predicted molar refractivity (Wildman–Crippen MR) is 109 cm³/mol. The van der Waals surface area contributed by atoms with E-state index in [-0.39, 0.29) is 12.1 Å². The van der Waals surface area contributed by atoms with Gasteiger partial charge in [-0.3, -0.25) is 9.59 Å². The Labute approximate surface area is 170 Å². The molecular formula is C20H20N4O4S. The first-order valence-corrected chi connectivity index (χ1v) is 10.1.